The van der Waals surface area contributed by atoms with Gasteiger partial charge in [0.05, 0.1) is 23.6 Å². The Morgan fingerprint density at radius 3 is 2.46 bits per heavy atom. The minimum absolute atomic E-state index is 0.0307. The minimum atomic E-state index is -0.402. The molecule has 5 aromatic rings. The molecule has 5 rings (SSSR count). The summed E-state index contributed by atoms with van der Waals surface area (Å²) in [4.78, 5) is 17.5. The molecule has 8 nitrogen and oxygen atoms in total. The number of para-hydroxylation sites is 1. The van der Waals surface area contributed by atoms with Gasteiger partial charge in [0.15, 0.2) is 11.5 Å². The van der Waals surface area contributed by atoms with Crippen LogP contribution in [0.1, 0.15) is 10.4 Å². The Morgan fingerprint density at radius 1 is 0.893 bits per heavy atom. The SMILES string of the molecule is O=C(Nc1nnc(-c2ccco2)o1)c1cc(-c2ccco2)nc2ccccc12. The molecule has 0 saturated carbocycles. The summed E-state index contributed by atoms with van der Waals surface area (Å²) in [5.41, 5.74) is 1.63. The third kappa shape index (κ3) is 2.82. The van der Waals surface area contributed by atoms with Crippen molar-refractivity contribution in [2.24, 2.45) is 0 Å². The second kappa shape index (κ2) is 6.51. The van der Waals surface area contributed by atoms with Crippen molar-refractivity contribution in [1.29, 1.82) is 0 Å². The molecule has 0 radical (unpaired) electrons. The number of benzene rings is 1. The van der Waals surface area contributed by atoms with E-state index < -0.39 is 5.91 Å². The molecule has 0 unspecified atom stereocenters. The highest BCUT2D eigenvalue weighted by molar-refractivity contribution is 6.12. The Hall–Kier alpha value is -4.20. The van der Waals surface area contributed by atoms with Crippen LogP contribution in [-0.2, 0) is 0 Å². The molecule has 136 valence electrons. The summed E-state index contributed by atoms with van der Waals surface area (Å²) in [6.07, 6.45) is 3.05. The van der Waals surface area contributed by atoms with Gasteiger partial charge >= 0.3 is 6.01 Å². The third-order valence-electron chi connectivity index (χ3n) is 4.11. The van der Waals surface area contributed by atoms with E-state index in [4.69, 9.17) is 13.3 Å². The molecular weight excluding hydrogens is 360 g/mol. The van der Waals surface area contributed by atoms with Crippen LogP contribution in [0.4, 0.5) is 6.01 Å². The molecule has 0 saturated heterocycles. The van der Waals surface area contributed by atoms with Gasteiger partial charge in [-0.25, -0.2) is 4.98 Å². The highest BCUT2D eigenvalue weighted by Gasteiger charge is 2.18. The van der Waals surface area contributed by atoms with Crippen molar-refractivity contribution >= 4 is 22.8 Å². The number of fused-ring (bicyclic) bond motifs is 1. The van der Waals surface area contributed by atoms with Crippen LogP contribution in [0, 0.1) is 0 Å². The van der Waals surface area contributed by atoms with E-state index in [1.165, 1.54) is 6.26 Å². The van der Waals surface area contributed by atoms with Crippen LogP contribution in [0.2, 0.25) is 0 Å². The Morgan fingerprint density at radius 2 is 1.68 bits per heavy atom. The van der Waals surface area contributed by atoms with Crippen LogP contribution in [0.5, 0.6) is 0 Å². The van der Waals surface area contributed by atoms with Gasteiger partial charge in [-0.05, 0) is 36.4 Å². The van der Waals surface area contributed by atoms with Crippen LogP contribution in [0.3, 0.4) is 0 Å². The van der Waals surface area contributed by atoms with Gasteiger partial charge in [0.25, 0.3) is 11.8 Å². The molecule has 1 aromatic carbocycles. The molecule has 1 N–H and O–H groups in total. The Kier molecular flexibility index (Phi) is 3.72. The van der Waals surface area contributed by atoms with Gasteiger partial charge in [0.2, 0.25) is 0 Å². The lowest BCUT2D eigenvalue weighted by Gasteiger charge is -2.07. The lowest BCUT2D eigenvalue weighted by molar-refractivity contribution is 0.102. The fraction of sp³-hybridized carbons (Fsp3) is 0. The monoisotopic (exact) mass is 372 g/mol. The summed E-state index contributed by atoms with van der Waals surface area (Å²) in [7, 11) is 0. The quantitative estimate of drug-likeness (QED) is 0.498. The largest absolute Gasteiger partial charge is 0.463 e. The maximum atomic E-state index is 12.9. The smallest absolute Gasteiger partial charge is 0.322 e. The Labute approximate surface area is 157 Å². The normalized spacial score (nSPS) is 11.0. The van der Waals surface area contributed by atoms with Crippen molar-refractivity contribution in [3.8, 4) is 23.1 Å². The zero-order chi connectivity index (χ0) is 18.9. The first kappa shape index (κ1) is 16.0. The number of furan rings is 2. The number of nitrogens with one attached hydrogen (secondary N) is 1. The molecule has 0 atom stereocenters. The number of carbonyl (C=O) groups excluding carboxylic acids is 1. The maximum absolute atomic E-state index is 12.9. The summed E-state index contributed by atoms with van der Waals surface area (Å²) in [6, 6.07) is 15.9. The number of anilines is 1. The second-order valence-corrected chi connectivity index (χ2v) is 5.89. The molecule has 0 fully saturated rings. The highest BCUT2D eigenvalue weighted by atomic mass is 16.4. The van der Waals surface area contributed by atoms with Gasteiger partial charge in [-0.2, -0.15) is 0 Å². The molecule has 1 amide bonds. The van der Waals surface area contributed by atoms with Crippen LogP contribution in [0.25, 0.3) is 34.0 Å². The van der Waals surface area contributed by atoms with E-state index in [0.717, 1.165) is 0 Å². The average molecular weight is 372 g/mol. The number of aromatic nitrogens is 3. The number of amides is 1. The predicted molar refractivity (Wildman–Crippen MR) is 99.4 cm³/mol. The number of rotatable bonds is 4. The zero-order valence-corrected chi connectivity index (χ0v) is 14.3. The van der Waals surface area contributed by atoms with Crippen molar-refractivity contribution in [3.05, 3.63) is 72.7 Å². The molecule has 0 aliphatic carbocycles. The summed E-state index contributed by atoms with van der Waals surface area (Å²) >= 11 is 0. The van der Waals surface area contributed by atoms with Gasteiger partial charge in [0.1, 0.15) is 5.69 Å². The molecule has 0 bridgehead atoms. The van der Waals surface area contributed by atoms with Gasteiger partial charge in [-0.1, -0.05) is 23.3 Å². The van der Waals surface area contributed by atoms with E-state index in [0.29, 0.717) is 33.7 Å². The lowest BCUT2D eigenvalue weighted by Crippen LogP contribution is -2.13. The molecule has 4 heterocycles. The molecular formula is C20H12N4O4. The van der Waals surface area contributed by atoms with Gasteiger partial charge in [0, 0.05) is 5.39 Å². The first-order chi connectivity index (χ1) is 13.8. The second-order valence-electron chi connectivity index (χ2n) is 5.89. The van der Waals surface area contributed by atoms with Gasteiger partial charge in [-0.3, -0.25) is 10.1 Å². The van der Waals surface area contributed by atoms with Crippen molar-refractivity contribution in [2.45, 2.75) is 0 Å². The summed E-state index contributed by atoms with van der Waals surface area (Å²) in [6.45, 7) is 0. The molecule has 28 heavy (non-hydrogen) atoms. The van der Waals surface area contributed by atoms with Gasteiger partial charge in [-0.15, -0.1) is 5.10 Å². The topological polar surface area (TPSA) is 107 Å². The number of hydrogen-bond acceptors (Lipinski definition) is 7. The first-order valence-corrected chi connectivity index (χ1v) is 8.40. The third-order valence-corrected chi connectivity index (χ3v) is 4.11. The zero-order valence-electron chi connectivity index (χ0n) is 14.3. The summed E-state index contributed by atoms with van der Waals surface area (Å²) in [5.74, 6) is 0.761. The van der Waals surface area contributed by atoms with Crippen molar-refractivity contribution in [2.75, 3.05) is 5.32 Å². The number of carbonyl (C=O) groups is 1. The van der Waals surface area contributed by atoms with Crippen LogP contribution < -0.4 is 5.32 Å². The van der Waals surface area contributed by atoms with Crippen LogP contribution in [0.15, 0.2) is 80.4 Å². The fourth-order valence-electron chi connectivity index (χ4n) is 2.85. The van der Waals surface area contributed by atoms with E-state index in [1.54, 1.807) is 36.6 Å². The molecule has 4 aromatic heterocycles. The fourth-order valence-corrected chi connectivity index (χ4v) is 2.85. The highest BCUT2D eigenvalue weighted by Crippen LogP contribution is 2.26. The van der Waals surface area contributed by atoms with Crippen molar-refractivity contribution < 1.29 is 18.0 Å². The Balaban J connectivity index is 1.52. The first-order valence-electron chi connectivity index (χ1n) is 8.40. The lowest BCUT2D eigenvalue weighted by atomic mass is 10.1. The molecule has 0 aliphatic rings. The number of nitrogens with zero attached hydrogens (tertiary/aromatic N) is 3. The van der Waals surface area contributed by atoms with E-state index in [9.17, 15) is 4.79 Å². The van der Waals surface area contributed by atoms with Crippen LogP contribution in [-0.4, -0.2) is 21.1 Å². The average Bonchev–Trinajstić information content (AvgIpc) is 3.49. The van der Waals surface area contributed by atoms with Crippen molar-refractivity contribution in [1.82, 2.24) is 15.2 Å². The Bertz CT molecular complexity index is 1260. The molecule has 0 aliphatic heterocycles. The minimum Gasteiger partial charge on any atom is -0.463 e. The summed E-state index contributed by atoms with van der Waals surface area (Å²) < 4.78 is 16.1. The van der Waals surface area contributed by atoms with Gasteiger partial charge < -0.3 is 13.3 Å². The standard InChI is InChI=1S/C20H12N4O4/c25-18(22-20-24-23-19(28-20)17-8-4-10-27-17)13-11-15(16-7-3-9-26-16)21-14-6-2-1-5-12(13)14/h1-11H,(H,22,24,25). The number of hydrogen-bond donors (Lipinski definition) is 1. The van der Waals surface area contributed by atoms with Crippen LogP contribution >= 0.6 is 0 Å². The molecule has 8 heteroatoms. The van der Waals surface area contributed by atoms with Crippen molar-refractivity contribution in [3.63, 3.8) is 0 Å². The van der Waals surface area contributed by atoms with E-state index >= 15 is 0 Å². The molecule has 0 spiro atoms. The maximum Gasteiger partial charge on any atom is 0.322 e. The van der Waals surface area contributed by atoms with E-state index in [1.807, 2.05) is 24.3 Å². The predicted octanol–water partition coefficient (Wildman–Crippen LogP) is 4.39. The van der Waals surface area contributed by atoms with E-state index in [2.05, 4.69) is 20.5 Å². The summed E-state index contributed by atoms with van der Waals surface area (Å²) in [5, 5.41) is 11.0. The number of pyridine rings is 1. The van der Waals surface area contributed by atoms with E-state index in [-0.39, 0.29) is 11.9 Å².